The van der Waals surface area contributed by atoms with Crippen LogP contribution in [0.3, 0.4) is 0 Å². The minimum absolute atomic E-state index is 0. The molecule has 12 nitrogen and oxygen atoms in total. The molecule has 0 bridgehead atoms. The van der Waals surface area contributed by atoms with Crippen LogP contribution in [0.15, 0.2) is 0 Å². The van der Waals surface area contributed by atoms with Crippen LogP contribution in [0.25, 0.3) is 0 Å². The van der Waals surface area contributed by atoms with E-state index >= 15 is 0 Å². The summed E-state index contributed by atoms with van der Waals surface area (Å²) in [5.74, 6) is 0. The molecule has 0 aromatic carbocycles. The van der Waals surface area contributed by atoms with Crippen LogP contribution in [-0.2, 0) is 65.0 Å². The average Bonchev–Trinajstić information content (AvgIpc) is 1.71. The second kappa shape index (κ2) is 4.67. The average molecular weight is 364 g/mol. The number of hydrogen-bond donors (Lipinski definition) is 0. The van der Waals surface area contributed by atoms with Gasteiger partial charge in [0.15, 0.2) is 0 Å². The predicted octanol–water partition coefficient (Wildman–Crippen LogP) is -3.16. The van der Waals surface area contributed by atoms with Gasteiger partial charge >= 0.3 is 44.0 Å². The van der Waals surface area contributed by atoms with Crippen molar-refractivity contribution in [3.8, 4) is 0 Å². The van der Waals surface area contributed by atoms with E-state index in [0.717, 1.165) is 0 Å². The quantitative estimate of drug-likeness (QED) is 0.239. The first-order valence-electron chi connectivity index (χ1n) is 2.82. The van der Waals surface area contributed by atoms with E-state index in [-0.39, 0.29) is 17.1 Å². The predicted molar refractivity (Wildman–Crippen MR) is 35.4 cm³/mol. The molecule has 0 unspecified atom stereocenters. The molecule has 105 valence electrons. The van der Waals surface area contributed by atoms with Crippen molar-refractivity contribution in [1.82, 2.24) is 0 Å². The van der Waals surface area contributed by atoms with Gasteiger partial charge in [-0.15, -0.1) is 0 Å². The van der Waals surface area contributed by atoms with Crippen LogP contribution in [0.5, 0.6) is 0 Å². The second-order valence-electron chi connectivity index (χ2n) is 2.06. The van der Waals surface area contributed by atoms with E-state index in [1.54, 1.807) is 0 Å². The molecule has 2 aliphatic rings. The minimum Gasteiger partial charge on any atom is -0.759 e. The van der Waals surface area contributed by atoms with Crippen LogP contribution in [-0.4, -0.2) is 40.5 Å². The molecule has 0 N–H and O–H groups in total. The number of hydrogen-bond acceptors (Lipinski definition) is 12. The largest absolute Gasteiger partial charge is 2.00 e. The maximum absolute atomic E-state index is 10.1. The van der Waals surface area contributed by atoms with Crippen molar-refractivity contribution in [1.29, 1.82) is 0 Å². The molecule has 2 heterocycles. The Kier molecular flexibility index (Phi) is 4.70. The fraction of sp³-hybridized carbons (Fsp3) is 1.00. The van der Waals surface area contributed by atoms with Crippen molar-refractivity contribution in [2.24, 2.45) is 0 Å². The van der Waals surface area contributed by atoms with Gasteiger partial charge < -0.3 is 9.11 Å². The molecule has 16 heteroatoms. The first kappa shape index (κ1) is 17.1. The Morgan fingerprint density at radius 1 is 0.824 bits per heavy atom. The van der Waals surface area contributed by atoms with Crippen LogP contribution < -0.4 is 0 Å². The number of rotatable bonds is 0. The summed E-state index contributed by atoms with van der Waals surface area (Å²) in [6, 6.07) is 0. The summed E-state index contributed by atoms with van der Waals surface area (Å²) in [4.78, 5) is 0. The maximum Gasteiger partial charge on any atom is 2.00 e. The van der Waals surface area contributed by atoms with E-state index in [0.29, 0.717) is 0 Å². The van der Waals surface area contributed by atoms with Crippen molar-refractivity contribution >= 4 is 31.2 Å². The molecular weight excluding hydrogens is 364 g/mol. The van der Waals surface area contributed by atoms with Gasteiger partial charge in [-0.05, 0) is 0 Å². The smallest absolute Gasteiger partial charge is 0.759 e. The van der Waals surface area contributed by atoms with Crippen LogP contribution >= 0.6 is 0 Å². The normalized spacial score (nSPS) is 26.5. The van der Waals surface area contributed by atoms with Gasteiger partial charge in [-0.3, -0.25) is 8.42 Å². The van der Waals surface area contributed by atoms with Gasteiger partial charge in [0.05, 0.1) is 0 Å². The first-order valence-corrected chi connectivity index (χ1v) is 6.82. The topological polar surface area (TPSA) is 185 Å². The molecule has 0 aromatic rings. The summed E-state index contributed by atoms with van der Waals surface area (Å²) in [5, 5.41) is 0. The van der Waals surface area contributed by atoms with Gasteiger partial charge in [0.2, 0.25) is 0 Å². The monoisotopic (exact) mass is 363 g/mol. The second-order valence-corrected chi connectivity index (χ2v) is 5.17. The van der Waals surface area contributed by atoms with E-state index in [2.05, 4.69) is 16.7 Å². The molecule has 2 aliphatic heterocycles. The summed E-state index contributed by atoms with van der Waals surface area (Å²) in [6.45, 7) is 0. The van der Waals surface area contributed by atoms with E-state index in [4.69, 9.17) is 17.5 Å². The summed E-state index contributed by atoms with van der Waals surface area (Å²) in [5.41, 5.74) is 0. The molecule has 0 amide bonds. The van der Waals surface area contributed by atoms with E-state index in [1.165, 1.54) is 0 Å². The van der Waals surface area contributed by atoms with E-state index < -0.39 is 37.4 Å². The standard InChI is InChI=1S/CO8S2.Cu.H2O4S/c2-10(3)6-1(7-10)8-11(4,5)9-1;;1-5(2,3)4/h;;(H2,1,2,3,4)/q;+2;/p-2. The van der Waals surface area contributed by atoms with Crippen LogP contribution in [0, 0.1) is 0 Å². The Labute approximate surface area is 106 Å². The van der Waals surface area contributed by atoms with E-state index in [9.17, 15) is 16.8 Å². The molecule has 0 aliphatic carbocycles. The molecule has 1 spiro atoms. The Morgan fingerprint density at radius 3 is 1.12 bits per heavy atom. The molecule has 2 rings (SSSR count). The third kappa shape index (κ3) is 5.53. The zero-order valence-electron chi connectivity index (χ0n) is 6.93. The molecule has 1 radical (unpaired) electrons. The van der Waals surface area contributed by atoms with Crippen molar-refractivity contribution < 1.29 is 68.2 Å². The fourth-order valence-corrected chi connectivity index (χ4v) is 2.04. The molecule has 17 heavy (non-hydrogen) atoms. The summed E-state index contributed by atoms with van der Waals surface area (Å²) in [7, 11) is -13.4. The molecule has 2 fully saturated rings. The Morgan fingerprint density at radius 2 is 1.00 bits per heavy atom. The molecule has 0 aromatic heterocycles. The maximum atomic E-state index is 10.1. The van der Waals surface area contributed by atoms with Crippen molar-refractivity contribution in [3.63, 3.8) is 0 Å². The minimum atomic E-state index is -5.17. The Bertz CT molecular complexity index is 502. The van der Waals surface area contributed by atoms with Gasteiger partial charge in [-0.2, -0.15) is 33.6 Å². The molecular formula is CCuO12S3. The summed E-state index contributed by atoms with van der Waals surface area (Å²) >= 11 is 0. The van der Waals surface area contributed by atoms with Crippen molar-refractivity contribution in [2.75, 3.05) is 0 Å². The molecule has 0 saturated carbocycles. The molecule has 0 atom stereocenters. The summed E-state index contributed by atoms with van der Waals surface area (Å²) < 4.78 is 89.8. The first-order chi connectivity index (χ1) is 6.83. The fourth-order valence-electron chi connectivity index (χ4n) is 0.568. The van der Waals surface area contributed by atoms with Gasteiger partial charge in [-0.1, -0.05) is 0 Å². The van der Waals surface area contributed by atoms with Gasteiger partial charge in [0.25, 0.3) is 0 Å². The van der Waals surface area contributed by atoms with Crippen LogP contribution in [0.2, 0.25) is 0 Å². The van der Waals surface area contributed by atoms with Gasteiger partial charge in [0.1, 0.15) is 0 Å². The van der Waals surface area contributed by atoms with Crippen LogP contribution in [0.4, 0.5) is 0 Å². The van der Waals surface area contributed by atoms with Crippen LogP contribution in [0.1, 0.15) is 0 Å². The summed E-state index contributed by atoms with van der Waals surface area (Å²) in [6.07, 6.45) is -2.36. The van der Waals surface area contributed by atoms with Crippen molar-refractivity contribution in [2.45, 2.75) is 6.16 Å². The van der Waals surface area contributed by atoms with Gasteiger partial charge in [0, 0.05) is 10.4 Å². The Hall–Kier alpha value is 0.129. The van der Waals surface area contributed by atoms with Crippen molar-refractivity contribution in [3.05, 3.63) is 0 Å². The van der Waals surface area contributed by atoms with Gasteiger partial charge in [-0.25, -0.2) is 0 Å². The SMILES string of the molecule is O=S(=O)([O-])[O-].O=S1(=O)OC2(O1)OS(=O)(=O)O2.[Cu+2]. The Balaban J connectivity index is 0.000000373. The zero-order chi connectivity index (χ0) is 12.8. The zero-order valence-corrected chi connectivity index (χ0v) is 10.3. The third-order valence-corrected chi connectivity index (χ3v) is 2.45. The third-order valence-electron chi connectivity index (χ3n) is 0.816. The van der Waals surface area contributed by atoms with E-state index in [1.807, 2.05) is 0 Å². The molecule has 2 saturated heterocycles.